The molecule has 2 rings (SSSR count). The van der Waals surface area contributed by atoms with Crippen molar-refractivity contribution in [2.24, 2.45) is 0 Å². The summed E-state index contributed by atoms with van der Waals surface area (Å²) >= 11 is 6.44. The fourth-order valence-corrected chi connectivity index (χ4v) is 2.30. The van der Waals surface area contributed by atoms with E-state index in [1.807, 2.05) is 30.3 Å². The van der Waals surface area contributed by atoms with Crippen LogP contribution in [0.15, 0.2) is 45.7 Å². The SMILES string of the molecule is O=C(Cc1ccccc1)Nc1ncc(Br)nc1Br. The molecule has 0 spiro atoms. The van der Waals surface area contributed by atoms with E-state index in [0.29, 0.717) is 21.4 Å². The molecule has 0 aliphatic carbocycles. The lowest BCUT2D eigenvalue weighted by Crippen LogP contribution is -2.16. The average molecular weight is 371 g/mol. The number of halogens is 2. The van der Waals surface area contributed by atoms with E-state index in [1.54, 1.807) is 0 Å². The Morgan fingerprint density at radius 1 is 1.22 bits per heavy atom. The molecule has 0 fully saturated rings. The Kier molecular flexibility index (Phi) is 4.43. The molecule has 1 N–H and O–H groups in total. The maximum absolute atomic E-state index is 11.8. The van der Waals surface area contributed by atoms with E-state index in [2.05, 4.69) is 47.1 Å². The van der Waals surface area contributed by atoms with Crippen LogP contribution in [-0.4, -0.2) is 15.9 Å². The van der Waals surface area contributed by atoms with Gasteiger partial charge in [-0.25, -0.2) is 9.97 Å². The Bertz CT molecular complexity index is 561. The Labute approximate surface area is 121 Å². The van der Waals surface area contributed by atoms with Crippen molar-refractivity contribution >= 4 is 43.6 Å². The van der Waals surface area contributed by atoms with Gasteiger partial charge in [0.25, 0.3) is 0 Å². The van der Waals surface area contributed by atoms with Gasteiger partial charge in [0.2, 0.25) is 5.91 Å². The van der Waals surface area contributed by atoms with Gasteiger partial charge in [-0.15, -0.1) is 0 Å². The molecule has 0 unspecified atom stereocenters. The van der Waals surface area contributed by atoms with Gasteiger partial charge in [-0.05, 0) is 37.4 Å². The summed E-state index contributed by atoms with van der Waals surface area (Å²) in [6.45, 7) is 0. The van der Waals surface area contributed by atoms with E-state index in [-0.39, 0.29) is 5.91 Å². The first-order chi connectivity index (χ1) is 8.65. The molecule has 1 aromatic heterocycles. The summed E-state index contributed by atoms with van der Waals surface area (Å²) in [5.41, 5.74) is 0.955. The van der Waals surface area contributed by atoms with Gasteiger partial charge >= 0.3 is 0 Å². The predicted octanol–water partition coefficient (Wildman–Crippen LogP) is 3.18. The summed E-state index contributed by atoms with van der Waals surface area (Å²) < 4.78 is 1.11. The minimum atomic E-state index is -0.126. The molecule has 0 saturated heterocycles. The monoisotopic (exact) mass is 369 g/mol. The van der Waals surface area contributed by atoms with Crippen LogP contribution in [0.25, 0.3) is 0 Å². The Morgan fingerprint density at radius 2 is 1.94 bits per heavy atom. The van der Waals surface area contributed by atoms with Crippen LogP contribution in [0.3, 0.4) is 0 Å². The first-order valence-corrected chi connectivity index (χ1v) is 6.75. The molecule has 0 bridgehead atoms. The highest BCUT2D eigenvalue weighted by atomic mass is 79.9. The summed E-state index contributed by atoms with van der Waals surface area (Å²) in [5.74, 6) is 0.289. The van der Waals surface area contributed by atoms with Crippen LogP contribution in [0.5, 0.6) is 0 Å². The third-order valence-electron chi connectivity index (χ3n) is 2.17. The third kappa shape index (κ3) is 3.61. The lowest BCUT2D eigenvalue weighted by atomic mass is 10.1. The number of carbonyl (C=O) groups excluding carboxylic acids is 1. The summed E-state index contributed by atoms with van der Waals surface area (Å²) in [7, 11) is 0. The second-order valence-corrected chi connectivity index (χ2v) is 5.11. The molecule has 1 amide bonds. The molecule has 1 aromatic carbocycles. The van der Waals surface area contributed by atoms with Crippen LogP contribution >= 0.6 is 31.9 Å². The molecule has 18 heavy (non-hydrogen) atoms. The van der Waals surface area contributed by atoms with Crippen LogP contribution < -0.4 is 5.32 Å². The van der Waals surface area contributed by atoms with Crippen LogP contribution in [0.2, 0.25) is 0 Å². The number of benzene rings is 1. The van der Waals surface area contributed by atoms with Crippen molar-refractivity contribution in [2.75, 3.05) is 5.32 Å². The number of hydrogen-bond donors (Lipinski definition) is 1. The number of nitrogens with one attached hydrogen (secondary N) is 1. The van der Waals surface area contributed by atoms with Crippen LogP contribution in [0.1, 0.15) is 5.56 Å². The predicted molar refractivity (Wildman–Crippen MR) is 76.2 cm³/mol. The highest BCUT2D eigenvalue weighted by Gasteiger charge is 2.08. The summed E-state index contributed by atoms with van der Waals surface area (Å²) in [4.78, 5) is 20.0. The molecule has 0 aliphatic heterocycles. The van der Waals surface area contributed by atoms with Crippen molar-refractivity contribution in [3.63, 3.8) is 0 Å². The van der Waals surface area contributed by atoms with Crippen molar-refractivity contribution in [3.8, 4) is 0 Å². The van der Waals surface area contributed by atoms with Crippen LogP contribution in [-0.2, 0) is 11.2 Å². The number of anilines is 1. The first-order valence-electron chi connectivity index (χ1n) is 5.17. The summed E-state index contributed by atoms with van der Waals surface area (Å²) in [6.07, 6.45) is 1.84. The number of rotatable bonds is 3. The van der Waals surface area contributed by atoms with E-state index in [4.69, 9.17) is 0 Å². The fourth-order valence-electron chi connectivity index (χ4n) is 1.39. The number of amides is 1. The third-order valence-corrected chi connectivity index (χ3v) is 3.10. The minimum Gasteiger partial charge on any atom is -0.308 e. The summed E-state index contributed by atoms with van der Waals surface area (Å²) in [6, 6.07) is 9.53. The van der Waals surface area contributed by atoms with E-state index in [1.165, 1.54) is 6.20 Å². The van der Waals surface area contributed by atoms with Gasteiger partial charge in [-0.1, -0.05) is 30.3 Å². The molecule has 92 valence electrons. The fraction of sp³-hybridized carbons (Fsp3) is 0.0833. The van der Waals surface area contributed by atoms with E-state index < -0.39 is 0 Å². The Balaban J connectivity index is 2.03. The van der Waals surface area contributed by atoms with Gasteiger partial charge in [0.15, 0.2) is 5.82 Å². The van der Waals surface area contributed by atoms with Crippen molar-refractivity contribution < 1.29 is 4.79 Å². The topological polar surface area (TPSA) is 54.9 Å². The number of aromatic nitrogens is 2. The molecule has 0 radical (unpaired) electrons. The Morgan fingerprint density at radius 3 is 2.61 bits per heavy atom. The van der Waals surface area contributed by atoms with E-state index >= 15 is 0 Å². The summed E-state index contributed by atoms with van der Waals surface area (Å²) in [5, 5.41) is 2.71. The minimum absolute atomic E-state index is 0.126. The Hall–Kier alpha value is -1.27. The van der Waals surface area contributed by atoms with Crippen molar-refractivity contribution in [3.05, 3.63) is 51.3 Å². The van der Waals surface area contributed by atoms with Crippen molar-refractivity contribution in [2.45, 2.75) is 6.42 Å². The van der Waals surface area contributed by atoms with E-state index in [0.717, 1.165) is 5.56 Å². The second kappa shape index (κ2) is 6.06. The van der Waals surface area contributed by atoms with Crippen molar-refractivity contribution in [1.82, 2.24) is 9.97 Å². The van der Waals surface area contributed by atoms with Gasteiger partial charge in [-0.2, -0.15) is 0 Å². The highest BCUT2D eigenvalue weighted by Crippen LogP contribution is 2.19. The first kappa shape index (κ1) is 13.2. The molecule has 2 aromatic rings. The quantitative estimate of drug-likeness (QED) is 0.902. The maximum Gasteiger partial charge on any atom is 0.230 e. The van der Waals surface area contributed by atoms with Gasteiger partial charge < -0.3 is 5.32 Å². The molecular formula is C12H9Br2N3O. The lowest BCUT2D eigenvalue weighted by Gasteiger charge is -2.06. The zero-order valence-corrected chi connectivity index (χ0v) is 12.4. The molecule has 4 nitrogen and oxygen atoms in total. The van der Waals surface area contributed by atoms with Crippen LogP contribution in [0, 0.1) is 0 Å². The maximum atomic E-state index is 11.8. The number of carbonyl (C=O) groups is 1. The standard InChI is InChI=1S/C12H9Br2N3O/c13-9-7-15-12(11(14)16-9)17-10(18)6-8-4-2-1-3-5-8/h1-5,7H,6H2,(H,15,17,18). The molecule has 0 atom stereocenters. The largest absolute Gasteiger partial charge is 0.308 e. The molecule has 6 heteroatoms. The number of hydrogen-bond acceptors (Lipinski definition) is 3. The van der Waals surface area contributed by atoms with Gasteiger partial charge in [0.1, 0.15) is 9.21 Å². The average Bonchev–Trinajstić information content (AvgIpc) is 2.34. The molecule has 0 saturated carbocycles. The zero-order valence-electron chi connectivity index (χ0n) is 9.23. The highest BCUT2D eigenvalue weighted by molar-refractivity contribution is 9.11. The zero-order chi connectivity index (χ0) is 13.0. The molecule has 0 aliphatic rings. The lowest BCUT2D eigenvalue weighted by molar-refractivity contribution is -0.115. The molecule has 1 heterocycles. The molecular weight excluding hydrogens is 362 g/mol. The number of nitrogens with zero attached hydrogens (tertiary/aromatic N) is 2. The van der Waals surface area contributed by atoms with Gasteiger partial charge in [-0.3, -0.25) is 4.79 Å². The van der Waals surface area contributed by atoms with Gasteiger partial charge in [0, 0.05) is 0 Å². The van der Waals surface area contributed by atoms with Crippen molar-refractivity contribution in [1.29, 1.82) is 0 Å². The van der Waals surface area contributed by atoms with Gasteiger partial charge in [0.05, 0.1) is 12.6 Å². The smallest absolute Gasteiger partial charge is 0.230 e. The normalized spacial score (nSPS) is 10.1. The van der Waals surface area contributed by atoms with E-state index in [9.17, 15) is 4.79 Å². The second-order valence-electron chi connectivity index (χ2n) is 3.54. The van der Waals surface area contributed by atoms with Crippen LogP contribution in [0.4, 0.5) is 5.82 Å².